The molecule has 2 aromatic carbocycles. The van der Waals surface area contributed by atoms with Gasteiger partial charge in [-0.3, -0.25) is 11.3 Å². The van der Waals surface area contributed by atoms with Gasteiger partial charge in [-0.15, -0.1) is 0 Å². The Morgan fingerprint density at radius 3 is 2.48 bits per heavy atom. The lowest BCUT2D eigenvalue weighted by molar-refractivity contribution is 0.414. The summed E-state index contributed by atoms with van der Waals surface area (Å²) in [5, 5.41) is 1.11. The van der Waals surface area contributed by atoms with Crippen LogP contribution in [-0.2, 0) is 6.42 Å². The Morgan fingerprint density at radius 2 is 1.90 bits per heavy atom. The molecule has 2 rings (SSSR count). The highest BCUT2D eigenvalue weighted by Gasteiger charge is 2.14. The lowest BCUT2D eigenvalue weighted by Gasteiger charge is -2.19. The molecule has 3 N–H and O–H groups in total. The standard InChI is InChI=1S/C16H18Cl2N2O/c1-10-7-12(21-2)4-5-13(10)16(20-19)9-11-3-6-14(17)15(18)8-11/h3-8,16,20H,9,19H2,1-2H3. The molecule has 112 valence electrons. The fourth-order valence-electron chi connectivity index (χ4n) is 2.33. The van der Waals surface area contributed by atoms with Crippen molar-refractivity contribution < 1.29 is 4.74 Å². The van der Waals surface area contributed by atoms with E-state index in [9.17, 15) is 0 Å². The van der Waals surface area contributed by atoms with E-state index in [1.807, 2.05) is 37.3 Å². The maximum absolute atomic E-state index is 6.06. The molecule has 1 unspecified atom stereocenters. The summed E-state index contributed by atoms with van der Waals surface area (Å²) in [5.41, 5.74) is 6.19. The van der Waals surface area contributed by atoms with Crippen molar-refractivity contribution >= 4 is 23.2 Å². The smallest absolute Gasteiger partial charge is 0.119 e. The van der Waals surface area contributed by atoms with Crippen LogP contribution in [0.3, 0.4) is 0 Å². The van der Waals surface area contributed by atoms with Crippen LogP contribution in [0.1, 0.15) is 22.7 Å². The van der Waals surface area contributed by atoms with Gasteiger partial charge in [-0.25, -0.2) is 0 Å². The monoisotopic (exact) mass is 324 g/mol. The molecule has 0 saturated heterocycles. The number of aryl methyl sites for hydroxylation is 1. The van der Waals surface area contributed by atoms with Crippen LogP contribution in [0.2, 0.25) is 10.0 Å². The molecule has 5 heteroatoms. The van der Waals surface area contributed by atoms with Gasteiger partial charge in [-0.2, -0.15) is 0 Å². The largest absolute Gasteiger partial charge is 0.497 e. The van der Waals surface area contributed by atoms with Crippen molar-refractivity contribution in [1.29, 1.82) is 0 Å². The summed E-state index contributed by atoms with van der Waals surface area (Å²) >= 11 is 12.0. The first-order valence-corrected chi connectivity index (χ1v) is 7.35. The zero-order valence-corrected chi connectivity index (χ0v) is 13.5. The SMILES string of the molecule is COc1ccc(C(Cc2ccc(Cl)c(Cl)c2)NN)c(C)c1. The fraction of sp³-hybridized carbons (Fsp3) is 0.250. The highest BCUT2D eigenvalue weighted by molar-refractivity contribution is 6.42. The average molecular weight is 325 g/mol. The van der Waals surface area contributed by atoms with E-state index < -0.39 is 0 Å². The van der Waals surface area contributed by atoms with Crippen LogP contribution >= 0.6 is 23.2 Å². The molecule has 1 atom stereocenters. The fourth-order valence-corrected chi connectivity index (χ4v) is 2.65. The number of ether oxygens (including phenoxy) is 1. The topological polar surface area (TPSA) is 47.3 Å². The predicted molar refractivity (Wildman–Crippen MR) is 88.0 cm³/mol. The number of methoxy groups -OCH3 is 1. The molecule has 21 heavy (non-hydrogen) atoms. The minimum absolute atomic E-state index is 0.00634. The number of hydrogen-bond donors (Lipinski definition) is 2. The number of nitrogens with two attached hydrogens (primary N) is 1. The summed E-state index contributed by atoms with van der Waals surface area (Å²) < 4.78 is 5.23. The Labute approximate surface area is 135 Å². The van der Waals surface area contributed by atoms with Crippen LogP contribution in [0.15, 0.2) is 36.4 Å². The Kier molecular flexibility index (Phi) is 5.48. The summed E-state index contributed by atoms with van der Waals surface area (Å²) in [4.78, 5) is 0. The second-order valence-corrected chi connectivity index (χ2v) is 5.71. The first-order valence-electron chi connectivity index (χ1n) is 6.59. The number of halogens is 2. The van der Waals surface area contributed by atoms with Crippen LogP contribution in [0.4, 0.5) is 0 Å². The van der Waals surface area contributed by atoms with Gasteiger partial charge in [0, 0.05) is 0 Å². The molecule has 0 aliphatic rings. The van der Waals surface area contributed by atoms with Crippen LogP contribution in [0, 0.1) is 6.92 Å². The number of benzene rings is 2. The third kappa shape index (κ3) is 3.89. The minimum Gasteiger partial charge on any atom is -0.497 e. The summed E-state index contributed by atoms with van der Waals surface area (Å²) in [7, 11) is 1.66. The molecule has 3 nitrogen and oxygen atoms in total. The van der Waals surface area contributed by atoms with Crippen molar-refractivity contribution in [3.05, 3.63) is 63.1 Å². The number of nitrogens with one attached hydrogen (secondary N) is 1. The van der Waals surface area contributed by atoms with Gasteiger partial charge in [0.05, 0.1) is 23.2 Å². The Hall–Kier alpha value is -1.26. The summed E-state index contributed by atoms with van der Waals surface area (Å²) in [5.74, 6) is 6.55. The molecule has 0 spiro atoms. The second-order valence-electron chi connectivity index (χ2n) is 4.89. The molecule has 0 aromatic heterocycles. The van der Waals surface area contributed by atoms with E-state index in [0.717, 1.165) is 28.9 Å². The molecule has 0 fully saturated rings. The van der Waals surface area contributed by atoms with Gasteiger partial charge >= 0.3 is 0 Å². The van der Waals surface area contributed by atoms with E-state index >= 15 is 0 Å². The molecule has 0 radical (unpaired) electrons. The lowest BCUT2D eigenvalue weighted by atomic mass is 9.95. The third-order valence-corrected chi connectivity index (χ3v) is 4.22. The average Bonchev–Trinajstić information content (AvgIpc) is 2.48. The molecular weight excluding hydrogens is 307 g/mol. The Bertz CT molecular complexity index is 632. The van der Waals surface area contributed by atoms with Gasteiger partial charge < -0.3 is 4.74 Å². The van der Waals surface area contributed by atoms with E-state index in [4.69, 9.17) is 33.8 Å². The van der Waals surface area contributed by atoms with Crippen molar-refractivity contribution in [2.45, 2.75) is 19.4 Å². The van der Waals surface area contributed by atoms with Crippen LogP contribution in [0.25, 0.3) is 0 Å². The third-order valence-electron chi connectivity index (χ3n) is 3.48. The van der Waals surface area contributed by atoms with Gasteiger partial charge in [-0.05, 0) is 54.3 Å². The maximum atomic E-state index is 6.06. The van der Waals surface area contributed by atoms with E-state index in [0.29, 0.717) is 10.0 Å². The highest BCUT2D eigenvalue weighted by atomic mass is 35.5. The predicted octanol–water partition coefficient (Wildman–Crippen LogP) is 4.06. The Morgan fingerprint density at radius 1 is 1.14 bits per heavy atom. The summed E-state index contributed by atoms with van der Waals surface area (Å²) in [6.45, 7) is 2.04. The number of hydrazine groups is 1. The molecule has 2 aromatic rings. The van der Waals surface area contributed by atoms with E-state index in [1.165, 1.54) is 0 Å². The first kappa shape index (κ1) is 16.1. The molecule has 0 heterocycles. The molecule has 0 aliphatic heterocycles. The van der Waals surface area contributed by atoms with Crippen molar-refractivity contribution in [3.63, 3.8) is 0 Å². The molecule has 0 saturated carbocycles. The van der Waals surface area contributed by atoms with E-state index in [2.05, 4.69) is 5.43 Å². The second kappa shape index (κ2) is 7.14. The van der Waals surface area contributed by atoms with Gasteiger partial charge in [0.25, 0.3) is 0 Å². The molecule has 0 aliphatic carbocycles. The zero-order chi connectivity index (χ0) is 15.4. The van der Waals surface area contributed by atoms with Crippen molar-refractivity contribution in [2.75, 3.05) is 7.11 Å². The Balaban J connectivity index is 2.25. The van der Waals surface area contributed by atoms with E-state index in [1.54, 1.807) is 13.2 Å². The summed E-state index contributed by atoms with van der Waals surface area (Å²) in [6, 6.07) is 11.6. The van der Waals surface area contributed by atoms with Crippen LogP contribution in [-0.4, -0.2) is 7.11 Å². The minimum atomic E-state index is -0.00634. The van der Waals surface area contributed by atoms with Gasteiger partial charge in [0.1, 0.15) is 5.75 Å². The molecule has 0 amide bonds. The first-order chi connectivity index (χ1) is 10.0. The quantitative estimate of drug-likeness (QED) is 0.644. The highest BCUT2D eigenvalue weighted by Crippen LogP contribution is 2.28. The zero-order valence-electron chi connectivity index (χ0n) is 12.0. The normalized spacial score (nSPS) is 12.2. The van der Waals surface area contributed by atoms with Crippen molar-refractivity contribution in [1.82, 2.24) is 5.43 Å². The van der Waals surface area contributed by atoms with Crippen LogP contribution in [0.5, 0.6) is 5.75 Å². The van der Waals surface area contributed by atoms with Gasteiger partial charge in [0.2, 0.25) is 0 Å². The lowest BCUT2D eigenvalue weighted by Crippen LogP contribution is -2.30. The summed E-state index contributed by atoms with van der Waals surface area (Å²) in [6.07, 6.45) is 0.723. The van der Waals surface area contributed by atoms with Crippen molar-refractivity contribution in [2.24, 2.45) is 5.84 Å². The molecule has 0 bridgehead atoms. The maximum Gasteiger partial charge on any atom is 0.119 e. The van der Waals surface area contributed by atoms with E-state index in [-0.39, 0.29) is 6.04 Å². The van der Waals surface area contributed by atoms with Crippen molar-refractivity contribution in [3.8, 4) is 5.75 Å². The van der Waals surface area contributed by atoms with Gasteiger partial charge in [0.15, 0.2) is 0 Å². The number of rotatable bonds is 5. The molecular formula is C16H18Cl2N2O. The van der Waals surface area contributed by atoms with Crippen LogP contribution < -0.4 is 16.0 Å². The number of hydrogen-bond acceptors (Lipinski definition) is 3. The van der Waals surface area contributed by atoms with Gasteiger partial charge in [-0.1, -0.05) is 35.3 Å².